The Morgan fingerprint density at radius 2 is 2.00 bits per heavy atom. The maximum atomic E-state index is 14.2. The molecule has 2 aromatic rings. The lowest BCUT2D eigenvalue weighted by Crippen LogP contribution is -2.44. The number of hydrogen-bond acceptors (Lipinski definition) is 2. The second-order valence-electron chi connectivity index (χ2n) is 4.24. The maximum absolute atomic E-state index is 14.2. The maximum Gasteiger partial charge on any atom is 0.132 e. The zero-order valence-corrected chi connectivity index (χ0v) is 10.1. The van der Waals surface area contributed by atoms with Gasteiger partial charge in [0.1, 0.15) is 6.17 Å². The van der Waals surface area contributed by atoms with E-state index >= 15 is 0 Å². The first-order valence-electron chi connectivity index (χ1n) is 5.54. The highest BCUT2D eigenvalue weighted by Gasteiger charge is 2.29. The molecule has 1 aliphatic heterocycles. The van der Waals surface area contributed by atoms with Crippen LogP contribution in [-0.4, -0.2) is 18.1 Å². The average molecular weight is 253 g/mol. The van der Waals surface area contributed by atoms with Gasteiger partial charge in [0.15, 0.2) is 0 Å². The number of fused-ring (bicyclic) bond motifs is 1. The van der Waals surface area contributed by atoms with Crippen molar-refractivity contribution in [1.29, 1.82) is 0 Å². The molecule has 1 fully saturated rings. The Morgan fingerprint density at radius 1 is 1.24 bits per heavy atom. The van der Waals surface area contributed by atoms with Gasteiger partial charge in [0.05, 0.1) is 5.52 Å². The first-order valence-corrected chi connectivity index (χ1v) is 5.54. The summed E-state index contributed by atoms with van der Waals surface area (Å²) in [6.07, 6.45) is 0.817. The Bertz CT molecular complexity index is 508. The number of aromatic nitrogens is 1. The van der Waals surface area contributed by atoms with Crippen molar-refractivity contribution in [3.8, 4) is 0 Å². The molecule has 1 aromatic carbocycles. The largest absolute Gasteiger partial charge is 0.316 e. The molecule has 1 saturated heterocycles. The van der Waals surface area contributed by atoms with Crippen molar-refractivity contribution >= 4 is 23.3 Å². The number of halogens is 2. The van der Waals surface area contributed by atoms with Crippen molar-refractivity contribution in [2.24, 2.45) is 5.92 Å². The number of nitrogens with one attached hydrogen (secondary N) is 1. The van der Waals surface area contributed by atoms with Crippen molar-refractivity contribution in [3.05, 3.63) is 42.1 Å². The molecule has 0 saturated carbocycles. The predicted octanol–water partition coefficient (Wildman–Crippen LogP) is 2.89. The van der Waals surface area contributed by atoms with Gasteiger partial charge >= 0.3 is 0 Å². The second-order valence-corrected chi connectivity index (χ2v) is 4.24. The monoisotopic (exact) mass is 252 g/mol. The molecule has 2 nitrogen and oxygen atoms in total. The summed E-state index contributed by atoms with van der Waals surface area (Å²) in [5.41, 5.74) is 1.52. The fourth-order valence-electron chi connectivity index (χ4n) is 2.12. The smallest absolute Gasteiger partial charge is 0.132 e. The third kappa shape index (κ3) is 2.13. The van der Waals surface area contributed by atoms with Crippen molar-refractivity contribution < 1.29 is 4.39 Å². The van der Waals surface area contributed by atoms with Crippen molar-refractivity contribution in [3.63, 3.8) is 0 Å². The molecule has 0 amide bonds. The van der Waals surface area contributed by atoms with Gasteiger partial charge in [-0.2, -0.15) is 0 Å². The quantitative estimate of drug-likeness (QED) is 0.889. The number of para-hydroxylation sites is 1. The minimum Gasteiger partial charge on any atom is -0.316 e. The highest BCUT2D eigenvalue weighted by molar-refractivity contribution is 5.85. The summed E-state index contributed by atoms with van der Waals surface area (Å²) in [6, 6.07) is 9.57. The van der Waals surface area contributed by atoms with Crippen molar-refractivity contribution in [2.45, 2.75) is 6.17 Å². The summed E-state index contributed by atoms with van der Waals surface area (Å²) in [7, 11) is 0. The van der Waals surface area contributed by atoms with E-state index in [-0.39, 0.29) is 18.3 Å². The lowest BCUT2D eigenvalue weighted by molar-refractivity contribution is 0.172. The highest BCUT2D eigenvalue weighted by atomic mass is 35.5. The van der Waals surface area contributed by atoms with Gasteiger partial charge in [-0.3, -0.25) is 4.98 Å². The van der Waals surface area contributed by atoms with Gasteiger partial charge in [-0.15, -0.1) is 12.4 Å². The van der Waals surface area contributed by atoms with E-state index in [0.29, 0.717) is 0 Å². The van der Waals surface area contributed by atoms with Crippen molar-refractivity contribution in [2.75, 3.05) is 13.1 Å². The molecule has 3 rings (SSSR count). The van der Waals surface area contributed by atoms with Crippen LogP contribution in [0.15, 0.2) is 36.5 Å². The first kappa shape index (κ1) is 12.3. The molecule has 0 aliphatic carbocycles. The fourth-order valence-corrected chi connectivity index (χ4v) is 2.12. The van der Waals surface area contributed by atoms with E-state index in [9.17, 15) is 4.39 Å². The summed E-state index contributed by atoms with van der Waals surface area (Å²) in [5.74, 6) is 0.104. The first-order chi connectivity index (χ1) is 7.86. The van der Waals surface area contributed by atoms with Gasteiger partial charge in [0.25, 0.3) is 0 Å². The minimum absolute atomic E-state index is 0. The Hall–Kier alpha value is -1.19. The fraction of sp³-hybridized carbons (Fsp3) is 0.308. The molecule has 17 heavy (non-hydrogen) atoms. The van der Waals surface area contributed by atoms with E-state index in [1.54, 1.807) is 6.20 Å². The minimum atomic E-state index is -0.903. The molecule has 1 unspecified atom stereocenters. The van der Waals surface area contributed by atoms with Crippen LogP contribution in [0.5, 0.6) is 0 Å². The van der Waals surface area contributed by atoms with Gasteiger partial charge in [-0.05, 0) is 6.07 Å². The number of benzene rings is 1. The normalized spacial score (nSPS) is 17.2. The van der Waals surface area contributed by atoms with Crippen LogP contribution in [-0.2, 0) is 0 Å². The third-order valence-electron chi connectivity index (χ3n) is 3.19. The van der Waals surface area contributed by atoms with Gasteiger partial charge < -0.3 is 5.32 Å². The van der Waals surface area contributed by atoms with Crippen LogP contribution in [0.2, 0.25) is 0 Å². The molecule has 2 heterocycles. The average Bonchev–Trinajstić information content (AvgIpc) is 2.26. The van der Waals surface area contributed by atoms with Crippen LogP contribution in [0.1, 0.15) is 11.7 Å². The number of rotatable bonds is 2. The lowest BCUT2D eigenvalue weighted by atomic mass is 9.91. The van der Waals surface area contributed by atoms with Crippen LogP contribution in [0.25, 0.3) is 10.9 Å². The van der Waals surface area contributed by atoms with E-state index in [1.807, 2.05) is 30.3 Å². The van der Waals surface area contributed by atoms with E-state index in [4.69, 9.17) is 0 Å². The zero-order valence-electron chi connectivity index (χ0n) is 9.27. The van der Waals surface area contributed by atoms with E-state index < -0.39 is 6.17 Å². The standard InChI is InChI=1S/C13H13FN2.ClH/c14-12(10-7-15-8-10)11-5-1-3-9-4-2-6-16-13(9)11;/h1-6,10,12,15H,7-8H2;1H. The van der Waals surface area contributed by atoms with E-state index in [0.717, 1.165) is 29.6 Å². The molecular formula is C13H14ClFN2. The Balaban J connectivity index is 0.00000108. The molecule has 0 radical (unpaired) electrons. The Morgan fingerprint density at radius 3 is 2.71 bits per heavy atom. The third-order valence-corrected chi connectivity index (χ3v) is 3.19. The topological polar surface area (TPSA) is 24.9 Å². The summed E-state index contributed by atoms with van der Waals surface area (Å²) in [4.78, 5) is 4.28. The molecule has 0 bridgehead atoms. The van der Waals surface area contributed by atoms with Crippen LogP contribution < -0.4 is 5.32 Å². The Labute approximate surface area is 106 Å². The van der Waals surface area contributed by atoms with Crippen LogP contribution in [0.3, 0.4) is 0 Å². The van der Waals surface area contributed by atoms with Gasteiger partial charge in [-0.1, -0.05) is 24.3 Å². The molecule has 1 aliphatic rings. The molecule has 1 N–H and O–H groups in total. The van der Waals surface area contributed by atoms with Gasteiger partial charge in [0, 0.05) is 36.2 Å². The predicted molar refractivity (Wildman–Crippen MR) is 69.2 cm³/mol. The molecule has 4 heteroatoms. The second kappa shape index (κ2) is 4.98. The molecule has 90 valence electrons. The van der Waals surface area contributed by atoms with E-state index in [1.165, 1.54) is 0 Å². The van der Waals surface area contributed by atoms with Crippen LogP contribution in [0.4, 0.5) is 4.39 Å². The number of alkyl halides is 1. The molecular weight excluding hydrogens is 239 g/mol. The van der Waals surface area contributed by atoms with E-state index in [2.05, 4.69) is 10.3 Å². The summed E-state index contributed by atoms with van der Waals surface area (Å²) in [5, 5.41) is 4.11. The number of hydrogen-bond donors (Lipinski definition) is 1. The summed E-state index contributed by atoms with van der Waals surface area (Å²) >= 11 is 0. The highest BCUT2D eigenvalue weighted by Crippen LogP contribution is 2.32. The summed E-state index contributed by atoms with van der Waals surface area (Å²) in [6.45, 7) is 1.54. The van der Waals surface area contributed by atoms with Crippen LogP contribution >= 0.6 is 12.4 Å². The number of nitrogens with zero attached hydrogens (tertiary/aromatic N) is 1. The summed E-state index contributed by atoms with van der Waals surface area (Å²) < 4.78 is 14.2. The van der Waals surface area contributed by atoms with Gasteiger partial charge in [0.2, 0.25) is 0 Å². The van der Waals surface area contributed by atoms with Gasteiger partial charge in [-0.25, -0.2) is 4.39 Å². The molecule has 1 aromatic heterocycles. The number of pyridine rings is 1. The van der Waals surface area contributed by atoms with Crippen molar-refractivity contribution in [1.82, 2.24) is 10.3 Å². The Kier molecular flexibility index (Phi) is 3.60. The SMILES string of the molecule is Cl.FC(c1cccc2cccnc12)C1CNC1. The molecule has 1 atom stereocenters. The van der Waals surface area contributed by atoms with Crippen LogP contribution in [0, 0.1) is 5.92 Å². The zero-order chi connectivity index (χ0) is 11.0. The lowest BCUT2D eigenvalue weighted by Gasteiger charge is -2.30. The molecule has 0 spiro atoms.